The van der Waals surface area contributed by atoms with Gasteiger partial charge in [-0.05, 0) is 48.2 Å². The molecule has 112 valence electrons. The summed E-state index contributed by atoms with van der Waals surface area (Å²) in [4.78, 5) is 0.0464. The Kier molecular flexibility index (Phi) is 4.72. The van der Waals surface area contributed by atoms with Crippen molar-refractivity contribution < 1.29 is 22.0 Å². The molecule has 0 atom stereocenters. The molecule has 0 saturated carbocycles. The standard InChI is InChI=1S/C14H10F5NS/c15-12-2-1-3-13(16)11(12)8-20-9-4-6-10(7-5-9)21-14(17,18)19/h1-7,20H,8H2. The molecule has 0 heterocycles. The van der Waals surface area contributed by atoms with Gasteiger partial charge in [0, 0.05) is 22.7 Å². The summed E-state index contributed by atoms with van der Waals surface area (Å²) in [5, 5.41) is 2.76. The first kappa shape index (κ1) is 15.6. The fourth-order valence-electron chi connectivity index (χ4n) is 1.67. The minimum atomic E-state index is -4.34. The van der Waals surface area contributed by atoms with Crippen molar-refractivity contribution in [2.24, 2.45) is 0 Å². The van der Waals surface area contributed by atoms with Crippen LogP contribution in [0.5, 0.6) is 0 Å². The van der Waals surface area contributed by atoms with Crippen LogP contribution in [0.2, 0.25) is 0 Å². The van der Waals surface area contributed by atoms with Crippen molar-refractivity contribution in [3.8, 4) is 0 Å². The molecule has 7 heteroatoms. The maximum Gasteiger partial charge on any atom is 0.446 e. The van der Waals surface area contributed by atoms with Crippen molar-refractivity contribution in [3.05, 3.63) is 59.7 Å². The second-order valence-corrected chi connectivity index (χ2v) is 5.26. The molecule has 0 spiro atoms. The van der Waals surface area contributed by atoms with E-state index in [1.807, 2.05) is 0 Å². The van der Waals surface area contributed by atoms with E-state index in [0.717, 1.165) is 12.1 Å². The minimum absolute atomic E-state index is 0.0464. The maximum absolute atomic E-state index is 13.4. The Balaban J connectivity index is 2.01. The van der Waals surface area contributed by atoms with E-state index in [-0.39, 0.29) is 28.8 Å². The van der Waals surface area contributed by atoms with Crippen molar-refractivity contribution >= 4 is 17.4 Å². The van der Waals surface area contributed by atoms with Crippen LogP contribution < -0.4 is 5.32 Å². The molecule has 0 radical (unpaired) electrons. The lowest BCUT2D eigenvalue weighted by molar-refractivity contribution is -0.0328. The first-order valence-electron chi connectivity index (χ1n) is 5.88. The SMILES string of the molecule is Fc1cccc(F)c1CNc1ccc(SC(F)(F)F)cc1. The molecule has 1 N–H and O–H groups in total. The van der Waals surface area contributed by atoms with Gasteiger partial charge in [-0.15, -0.1) is 0 Å². The number of anilines is 1. The van der Waals surface area contributed by atoms with Gasteiger partial charge in [0.1, 0.15) is 11.6 Å². The molecule has 0 aliphatic carbocycles. The predicted octanol–water partition coefficient (Wildman–Crippen LogP) is 5.19. The van der Waals surface area contributed by atoms with Crippen LogP contribution >= 0.6 is 11.8 Å². The van der Waals surface area contributed by atoms with Gasteiger partial charge in [-0.1, -0.05) is 6.07 Å². The van der Waals surface area contributed by atoms with Crippen LogP contribution in [-0.2, 0) is 6.54 Å². The molecule has 0 saturated heterocycles. The smallest absolute Gasteiger partial charge is 0.381 e. The summed E-state index contributed by atoms with van der Waals surface area (Å²) in [5.41, 5.74) is -3.99. The van der Waals surface area contributed by atoms with Crippen LogP contribution in [0.25, 0.3) is 0 Å². The van der Waals surface area contributed by atoms with Crippen LogP contribution in [0.3, 0.4) is 0 Å². The van der Waals surface area contributed by atoms with Crippen LogP contribution in [0, 0.1) is 11.6 Å². The maximum atomic E-state index is 13.4. The zero-order valence-corrected chi connectivity index (χ0v) is 11.4. The van der Waals surface area contributed by atoms with Crippen molar-refractivity contribution in [3.63, 3.8) is 0 Å². The molecule has 0 aliphatic heterocycles. The van der Waals surface area contributed by atoms with Crippen LogP contribution in [0.1, 0.15) is 5.56 Å². The number of thioether (sulfide) groups is 1. The number of rotatable bonds is 4. The largest absolute Gasteiger partial charge is 0.446 e. The Morgan fingerprint density at radius 1 is 0.905 bits per heavy atom. The van der Waals surface area contributed by atoms with E-state index in [9.17, 15) is 22.0 Å². The monoisotopic (exact) mass is 319 g/mol. The molecule has 0 aromatic heterocycles. The summed E-state index contributed by atoms with van der Waals surface area (Å²) >= 11 is -0.219. The molecule has 0 unspecified atom stereocenters. The molecular formula is C14H10F5NS. The highest BCUT2D eigenvalue weighted by Crippen LogP contribution is 2.37. The molecule has 1 nitrogen and oxygen atoms in total. The Hall–Kier alpha value is -1.76. The van der Waals surface area contributed by atoms with Gasteiger partial charge in [-0.3, -0.25) is 0 Å². The normalized spacial score (nSPS) is 11.5. The molecule has 2 rings (SSSR count). The van der Waals surface area contributed by atoms with E-state index < -0.39 is 17.1 Å². The molecule has 0 amide bonds. The molecule has 2 aromatic rings. The number of hydrogen-bond acceptors (Lipinski definition) is 2. The lowest BCUT2D eigenvalue weighted by atomic mass is 10.2. The van der Waals surface area contributed by atoms with Gasteiger partial charge in [-0.25, -0.2) is 8.78 Å². The number of nitrogens with one attached hydrogen (secondary N) is 1. The van der Waals surface area contributed by atoms with E-state index in [0.29, 0.717) is 5.69 Å². The Morgan fingerprint density at radius 3 is 2.00 bits per heavy atom. The Morgan fingerprint density at radius 2 is 1.48 bits per heavy atom. The topological polar surface area (TPSA) is 12.0 Å². The third-order valence-corrected chi connectivity index (χ3v) is 3.36. The number of halogens is 5. The fourth-order valence-corrected chi connectivity index (χ4v) is 2.21. The predicted molar refractivity (Wildman–Crippen MR) is 72.0 cm³/mol. The highest BCUT2D eigenvalue weighted by atomic mass is 32.2. The summed E-state index contributed by atoms with van der Waals surface area (Å²) in [5.74, 6) is -1.35. The first-order chi connectivity index (χ1) is 9.85. The van der Waals surface area contributed by atoms with Crippen LogP contribution in [-0.4, -0.2) is 5.51 Å². The van der Waals surface area contributed by atoms with Gasteiger partial charge in [0.15, 0.2) is 0 Å². The Bertz CT molecular complexity index is 590. The number of alkyl halides is 3. The van der Waals surface area contributed by atoms with Crippen LogP contribution in [0.4, 0.5) is 27.6 Å². The summed E-state index contributed by atoms with van der Waals surface area (Å²) in [6, 6.07) is 8.97. The average molecular weight is 319 g/mol. The molecular weight excluding hydrogens is 309 g/mol. The second kappa shape index (κ2) is 6.34. The number of benzene rings is 2. The third-order valence-electron chi connectivity index (χ3n) is 2.62. The second-order valence-electron chi connectivity index (χ2n) is 4.13. The molecule has 0 aliphatic rings. The van der Waals surface area contributed by atoms with E-state index in [2.05, 4.69) is 5.32 Å². The highest BCUT2D eigenvalue weighted by Gasteiger charge is 2.28. The van der Waals surface area contributed by atoms with Gasteiger partial charge in [0.2, 0.25) is 0 Å². The van der Waals surface area contributed by atoms with E-state index >= 15 is 0 Å². The van der Waals surface area contributed by atoms with Gasteiger partial charge in [0.05, 0.1) is 0 Å². The molecule has 0 fully saturated rings. The zero-order valence-electron chi connectivity index (χ0n) is 10.5. The summed E-state index contributed by atoms with van der Waals surface area (Å²) < 4.78 is 63.3. The van der Waals surface area contributed by atoms with Gasteiger partial charge in [-0.2, -0.15) is 13.2 Å². The molecule has 21 heavy (non-hydrogen) atoms. The fraction of sp³-hybridized carbons (Fsp3) is 0.143. The van der Waals surface area contributed by atoms with Crippen molar-refractivity contribution in [1.29, 1.82) is 0 Å². The van der Waals surface area contributed by atoms with E-state index in [1.165, 1.54) is 30.3 Å². The van der Waals surface area contributed by atoms with Gasteiger partial charge in [0.25, 0.3) is 0 Å². The van der Waals surface area contributed by atoms with Crippen molar-refractivity contribution in [2.45, 2.75) is 16.9 Å². The summed E-state index contributed by atoms with van der Waals surface area (Å²) in [6.07, 6.45) is 0. The van der Waals surface area contributed by atoms with E-state index in [4.69, 9.17) is 0 Å². The zero-order chi connectivity index (χ0) is 15.5. The minimum Gasteiger partial charge on any atom is -0.381 e. The van der Waals surface area contributed by atoms with Crippen molar-refractivity contribution in [2.75, 3.05) is 5.32 Å². The quantitative estimate of drug-likeness (QED) is 0.615. The third kappa shape index (κ3) is 4.63. The van der Waals surface area contributed by atoms with Crippen LogP contribution in [0.15, 0.2) is 47.4 Å². The first-order valence-corrected chi connectivity index (χ1v) is 6.69. The Labute approximate surface area is 122 Å². The van der Waals surface area contributed by atoms with Gasteiger partial charge < -0.3 is 5.32 Å². The average Bonchev–Trinajstić information content (AvgIpc) is 2.38. The highest BCUT2D eigenvalue weighted by molar-refractivity contribution is 8.00. The summed E-state index contributed by atoms with van der Waals surface area (Å²) in [6.45, 7) is -0.0930. The molecule has 2 aromatic carbocycles. The lowest BCUT2D eigenvalue weighted by Crippen LogP contribution is -2.04. The lowest BCUT2D eigenvalue weighted by Gasteiger charge is -2.10. The molecule has 0 bridgehead atoms. The van der Waals surface area contributed by atoms with E-state index in [1.54, 1.807) is 0 Å². The van der Waals surface area contributed by atoms with Crippen molar-refractivity contribution in [1.82, 2.24) is 0 Å². The van der Waals surface area contributed by atoms with Gasteiger partial charge >= 0.3 is 5.51 Å². The summed E-state index contributed by atoms with van der Waals surface area (Å²) in [7, 11) is 0. The number of hydrogen-bond donors (Lipinski definition) is 1.